The lowest BCUT2D eigenvalue weighted by Crippen LogP contribution is -2.52. The van der Waals surface area contributed by atoms with E-state index in [2.05, 4.69) is 5.32 Å². The summed E-state index contributed by atoms with van der Waals surface area (Å²) in [5, 5.41) is 3.02. The zero-order valence-electron chi connectivity index (χ0n) is 15.2. The fourth-order valence-corrected chi connectivity index (χ4v) is 3.70. The highest BCUT2D eigenvalue weighted by atomic mass is 16.2. The van der Waals surface area contributed by atoms with E-state index in [1.165, 1.54) is 4.90 Å². The van der Waals surface area contributed by atoms with Crippen LogP contribution in [0.15, 0.2) is 12.2 Å². The predicted molar refractivity (Wildman–Crippen MR) is 93.0 cm³/mol. The Morgan fingerprint density at radius 1 is 1.12 bits per heavy atom. The maximum absolute atomic E-state index is 12.8. The van der Waals surface area contributed by atoms with Gasteiger partial charge in [-0.05, 0) is 38.0 Å². The fraction of sp³-hybridized carbons (Fsp3) is 0.737. The summed E-state index contributed by atoms with van der Waals surface area (Å²) in [6.07, 6.45) is 7.34. The Labute approximate surface area is 144 Å². The quantitative estimate of drug-likeness (QED) is 0.575. The standard InChI is InChI=1S/C19H30N2O3/c1-5-13(6-2)20-17(22)16(11-12(3)4)21-18(23)14-9-7-8-10-15(14)19(21)24/h7-8,12-16H,5-6,9-11H2,1-4H3,(H,20,22). The van der Waals surface area contributed by atoms with Crippen molar-refractivity contribution in [3.05, 3.63) is 12.2 Å². The summed E-state index contributed by atoms with van der Waals surface area (Å²) >= 11 is 0. The lowest BCUT2D eigenvalue weighted by Gasteiger charge is -2.29. The highest BCUT2D eigenvalue weighted by Crippen LogP contribution is 2.37. The minimum Gasteiger partial charge on any atom is -0.352 e. The molecule has 0 spiro atoms. The largest absolute Gasteiger partial charge is 0.352 e. The average Bonchev–Trinajstić information content (AvgIpc) is 2.82. The molecule has 1 aliphatic heterocycles. The van der Waals surface area contributed by atoms with E-state index in [-0.39, 0.29) is 41.5 Å². The van der Waals surface area contributed by atoms with Crippen molar-refractivity contribution in [2.24, 2.45) is 17.8 Å². The lowest BCUT2D eigenvalue weighted by molar-refractivity contribution is -0.148. The summed E-state index contributed by atoms with van der Waals surface area (Å²) < 4.78 is 0. The van der Waals surface area contributed by atoms with Crippen LogP contribution in [0.3, 0.4) is 0 Å². The molecule has 0 saturated carbocycles. The van der Waals surface area contributed by atoms with Crippen LogP contribution in [-0.2, 0) is 14.4 Å². The molecule has 1 saturated heterocycles. The Morgan fingerprint density at radius 2 is 1.62 bits per heavy atom. The SMILES string of the molecule is CCC(CC)NC(=O)C(CC(C)C)N1C(=O)C2CC=CCC2C1=O. The first-order valence-electron chi connectivity index (χ1n) is 9.22. The van der Waals surface area contributed by atoms with Crippen LogP contribution < -0.4 is 5.32 Å². The molecule has 2 rings (SSSR count). The van der Waals surface area contributed by atoms with Gasteiger partial charge in [-0.1, -0.05) is 39.8 Å². The fourth-order valence-electron chi connectivity index (χ4n) is 3.70. The smallest absolute Gasteiger partial charge is 0.243 e. The van der Waals surface area contributed by atoms with Crippen molar-refractivity contribution in [3.63, 3.8) is 0 Å². The Kier molecular flexibility index (Phi) is 6.19. The van der Waals surface area contributed by atoms with Crippen LogP contribution >= 0.6 is 0 Å². The monoisotopic (exact) mass is 334 g/mol. The Balaban J connectivity index is 2.22. The van der Waals surface area contributed by atoms with Crippen molar-refractivity contribution < 1.29 is 14.4 Å². The zero-order chi connectivity index (χ0) is 17.9. The second kappa shape index (κ2) is 7.95. The number of likely N-dealkylation sites (tertiary alicyclic amines) is 1. The molecular formula is C19H30N2O3. The van der Waals surface area contributed by atoms with Crippen molar-refractivity contribution in [1.82, 2.24) is 10.2 Å². The zero-order valence-corrected chi connectivity index (χ0v) is 15.2. The first-order valence-corrected chi connectivity index (χ1v) is 9.22. The molecule has 0 aromatic heterocycles. The van der Waals surface area contributed by atoms with E-state index in [9.17, 15) is 14.4 Å². The number of hydrogen-bond donors (Lipinski definition) is 1. The molecule has 3 amide bonds. The van der Waals surface area contributed by atoms with E-state index in [1.807, 2.05) is 39.8 Å². The van der Waals surface area contributed by atoms with E-state index in [1.54, 1.807) is 0 Å². The van der Waals surface area contributed by atoms with Gasteiger partial charge in [-0.3, -0.25) is 19.3 Å². The van der Waals surface area contributed by atoms with Gasteiger partial charge in [-0.25, -0.2) is 0 Å². The number of rotatable bonds is 7. The molecule has 134 valence electrons. The van der Waals surface area contributed by atoms with Gasteiger partial charge in [0, 0.05) is 6.04 Å². The number of hydrogen-bond acceptors (Lipinski definition) is 3. The van der Waals surface area contributed by atoms with Gasteiger partial charge in [0.15, 0.2) is 0 Å². The second-order valence-corrected chi connectivity index (χ2v) is 7.37. The number of imide groups is 1. The Morgan fingerprint density at radius 3 is 2.04 bits per heavy atom. The van der Waals surface area contributed by atoms with Crippen LogP contribution in [-0.4, -0.2) is 34.7 Å². The van der Waals surface area contributed by atoms with Crippen LogP contribution in [0.5, 0.6) is 0 Å². The minimum atomic E-state index is -0.684. The van der Waals surface area contributed by atoms with Crippen LogP contribution in [0.4, 0.5) is 0 Å². The summed E-state index contributed by atoms with van der Waals surface area (Å²) in [7, 11) is 0. The molecule has 1 heterocycles. The molecule has 3 atom stereocenters. The van der Waals surface area contributed by atoms with Gasteiger partial charge in [0.2, 0.25) is 17.7 Å². The third kappa shape index (κ3) is 3.70. The molecule has 0 aromatic carbocycles. The minimum absolute atomic E-state index is 0.0870. The lowest BCUT2D eigenvalue weighted by atomic mass is 9.85. The van der Waals surface area contributed by atoms with Crippen molar-refractivity contribution >= 4 is 17.7 Å². The van der Waals surface area contributed by atoms with Gasteiger partial charge in [0.1, 0.15) is 6.04 Å². The summed E-state index contributed by atoms with van der Waals surface area (Å²) in [5.74, 6) is -0.856. The van der Waals surface area contributed by atoms with E-state index in [0.29, 0.717) is 19.3 Å². The Hall–Kier alpha value is -1.65. The number of allylic oxidation sites excluding steroid dienone is 2. The van der Waals surface area contributed by atoms with E-state index in [0.717, 1.165) is 12.8 Å². The van der Waals surface area contributed by atoms with E-state index in [4.69, 9.17) is 0 Å². The summed E-state index contributed by atoms with van der Waals surface area (Å²) in [6.45, 7) is 8.07. The number of nitrogens with one attached hydrogen (secondary N) is 1. The average molecular weight is 334 g/mol. The van der Waals surface area contributed by atoms with Crippen LogP contribution in [0.1, 0.15) is 59.8 Å². The maximum Gasteiger partial charge on any atom is 0.243 e. The molecule has 1 aliphatic carbocycles. The third-order valence-corrected chi connectivity index (χ3v) is 5.18. The molecule has 5 nitrogen and oxygen atoms in total. The van der Waals surface area contributed by atoms with Crippen molar-refractivity contribution in [1.29, 1.82) is 0 Å². The second-order valence-electron chi connectivity index (χ2n) is 7.37. The first-order chi connectivity index (χ1) is 11.4. The number of fused-ring (bicyclic) bond motifs is 1. The van der Waals surface area contributed by atoms with E-state index >= 15 is 0 Å². The van der Waals surface area contributed by atoms with E-state index < -0.39 is 6.04 Å². The molecular weight excluding hydrogens is 304 g/mol. The molecule has 0 bridgehead atoms. The van der Waals surface area contributed by atoms with Crippen molar-refractivity contribution in [3.8, 4) is 0 Å². The highest BCUT2D eigenvalue weighted by Gasteiger charge is 2.51. The number of carbonyl (C=O) groups excluding carboxylic acids is 3. The van der Waals surface area contributed by atoms with Gasteiger partial charge >= 0.3 is 0 Å². The van der Waals surface area contributed by atoms with Crippen LogP contribution in [0, 0.1) is 17.8 Å². The molecule has 24 heavy (non-hydrogen) atoms. The molecule has 3 unspecified atom stereocenters. The van der Waals surface area contributed by atoms with Gasteiger partial charge in [-0.15, -0.1) is 0 Å². The highest BCUT2D eigenvalue weighted by molar-refractivity contribution is 6.08. The maximum atomic E-state index is 12.8. The predicted octanol–water partition coefficient (Wildman–Crippen LogP) is 2.66. The molecule has 5 heteroatoms. The summed E-state index contributed by atoms with van der Waals surface area (Å²) in [6, 6.07) is -0.597. The molecule has 0 aromatic rings. The number of amides is 3. The van der Waals surface area contributed by atoms with Gasteiger partial charge in [-0.2, -0.15) is 0 Å². The van der Waals surface area contributed by atoms with Crippen LogP contribution in [0.25, 0.3) is 0 Å². The van der Waals surface area contributed by atoms with Crippen LogP contribution in [0.2, 0.25) is 0 Å². The van der Waals surface area contributed by atoms with Crippen molar-refractivity contribution in [2.75, 3.05) is 0 Å². The van der Waals surface area contributed by atoms with Crippen molar-refractivity contribution in [2.45, 2.75) is 71.9 Å². The number of carbonyl (C=O) groups is 3. The first kappa shape index (κ1) is 18.7. The molecule has 0 radical (unpaired) electrons. The Bertz CT molecular complexity index is 497. The summed E-state index contributed by atoms with van der Waals surface area (Å²) in [5.41, 5.74) is 0. The summed E-state index contributed by atoms with van der Waals surface area (Å²) in [4.78, 5) is 39.7. The molecule has 1 fully saturated rings. The topological polar surface area (TPSA) is 66.5 Å². The molecule has 2 aliphatic rings. The number of nitrogens with zero attached hydrogens (tertiary/aromatic N) is 1. The van der Waals surface area contributed by atoms with Gasteiger partial charge in [0.05, 0.1) is 11.8 Å². The third-order valence-electron chi connectivity index (χ3n) is 5.18. The van der Waals surface area contributed by atoms with Gasteiger partial charge < -0.3 is 5.32 Å². The molecule has 1 N–H and O–H groups in total. The normalized spacial score (nSPS) is 24.7. The van der Waals surface area contributed by atoms with Gasteiger partial charge in [0.25, 0.3) is 0 Å².